The van der Waals surface area contributed by atoms with E-state index in [1.165, 1.54) is 19.1 Å². The van der Waals surface area contributed by atoms with Crippen molar-refractivity contribution >= 4 is 29.7 Å². The lowest BCUT2D eigenvalue weighted by Gasteiger charge is -2.43. The molecule has 0 bridgehead atoms. The molecular weight excluding hydrogens is 456 g/mol. The lowest BCUT2D eigenvalue weighted by atomic mass is 9.98. The maximum absolute atomic E-state index is 11.8. The molecule has 2 rings (SSSR count). The molecule has 12 nitrogen and oxygen atoms in total. The molecule has 12 heteroatoms. The first-order valence-corrected chi connectivity index (χ1v) is 10.2. The van der Waals surface area contributed by atoms with Gasteiger partial charge in [-0.3, -0.25) is 24.0 Å². The van der Waals surface area contributed by atoms with Crippen molar-refractivity contribution in [2.45, 2.75) is 65.3 Å². The maximum atomic E-state index is 11.8. The summed E-state index contributed by atoms with van der Waals surface area (Å²) in [6, 6.07) is 3.83. The summed E-state index contributed by atoms with van der Waals surface area (Å²) in [6.45, 7) is 5.32. The molecule has 1 fully saturated rings. The fraction of sp³-hybridized carbons (Fsp3) is 0.500. The molecular formula is C22H26O12. The van der Waals surface area contributed by atoms with E-state index in [4.69, 9.17) is 28.4 Å². The highest BCUT2D eigenvalue weighted by molar-refractivity contribution is 5.96. The molecule has 0 saturated carbocycles. The SMILES string of the molecule is CC(=O)OC[C@@H]1O[C@H](Oc2ccc(C(C)=O)c(O)c2)[C@@H](OC(C)=O)[C@@H](OC(C)=O)[C@@H]1OC(C)=O. The Morgan fingerprint density at radius 3 is 1.88 bits per heavy atom. The van der Waals surface area contributed by atoms with E-state index in [-0.39, 0.29) is 22.8 Å². The Bertz CT molecular complexity index is 955. The Kier molecular flexibility index (Phi) is 8.96. The molecule has 0 aromatic heterocycles. The Morgan fingerprint density at radius 2 is 1.38 bits per heavy atom. The number of carbonyl (C=O) groups excluding carboxylic acids is 5. The van der Waals surface area contributed by atoms with E-state index in [0.29, 0.717) is 0 Å². The molecule has 0 spiro atoms. The van der Waals surface area contributed by atoms with Gasteiger partial charge < -0.3 is 33.5 Å². The van der Waals surface area contributed by atoms with Crippen molar-refractivity contribution in [2.75, 3.05) is 6.61 Å². The van der Waals surface area contributed by atoms with Crippen LogP contribution in [-0.2, 0) is 42.9 Å². The number of benzene rings is 1. The van der Waals surface area contributed by atoms with E-state index in [1.54, 1.807) is 0 Å². The summed E-state index contributed by atoms with van der Waals surface area (Å²) in [5.41, 5.74) is 0.0499. The highest BCUT2D eigenvalue weighted by Gasteiger charge is 2.53. The highest BCUT2D eigenvalue weighted by atomic mass is 16.7. The summed E-state index contributed by atoms with van der Waals surface area (Å²) in [4.78, 5) is 58.3. The van der Waals surface area contributed by atoms with Crippen LogP contribution < -0.4 is 4.74 Å². The van der Waals surface area contributed by atoms with Crippen LogP contribution in [-0.4, -0.2) is 72.1 Å². The van der Waals surface area contributed by atoms with E-state index in [0.717, 1.165) is 33.8 Å². The number of phenols is 1. The second-order valence-electron chi connectivity index (χ2n) is 7.42. The number of esters is 4. The largest absolute Gasteiger partial charge is 0.507 e. The predicted molar refractivity (Wildman–Crippen MR) is 111 cm³/mol. The Morgan fingerprint density at radius 1 is 0.824 bits per heavy atom. The van der Waals surface area contributed by atoms with Crippen LogP contribution in [0, 0.1) is 0 Å². The molecule has 0 aliphatic carbocycles. The molecule has 1 aromatic carbocycles. The number of ether oxygens (including phenoxy) is 6. The van der Waals surface area contributed by atoms with Crippen LogP contribution in [0.25, 0.3) is 0 Å². The van der Waals surface area contributed by atoms with Gasteiger partial charge in [0.1, 0.15) is 24.2 Å². The molecule has 0 amide bonds. The third-order valence-electron chi connectivity index (χ3n) is 4.55. The predicted octanol–water partition coefficient (Wildman–Crippen LogP) is 1.06. The number of phenolic OH excluding ortho intramolecular Hbond substituents is 1. The minimum atomic E-state index is -1.46. The number of Topliss-reactive ketones (excluding diaryl/α,β-unsaturated/α-hetero) is 1. The zero-order valence-electron chi connectivity index (χ0n) is 19.3. The van der Waals surface area contributed by atoms with Gasteiger partial charge in [-0.2, -0.15) is 0 Å². The van der Waals surface area contributed by atoms with Gasteiger partial charge >= 0.3 is 23.9 Å². The monoisotopic (exact) mass is 482 g/mol. The average molecular weight is 482 g/mol. The van der Waals surface area contributed by atoms with Gasteiger partial charge in [0.25, 0.3) is 0 Å². The van der Waals surface area contributed by atoms with Crippen LogP contribution in [0.3, 0.4) is 0 Å². The van der Waals surface area contributed by atoms with Gasteiger partial charge in [0.15, 0.2) is 18.0 Å². The van der Waals surface area contributed by atoms with Gasteiger partial charge in [-0.15, -0.1) is 0 Å². The van der Waals surface area contributed by atoms with Crippen molar-refractivity contribution in [3.05, 3.63) is 23.8 Å². The summed E-state index contributed by atoms with van der Waals surface area (Å²) in [5.74, 6) is -3.71. The first kappa shape index (κ1) is 26.6. The molecule has 1 N–H and O–H groups in total. The normalized spacial score (nSPS) is 23.9. The van der Waals surface area contributed by atoms with Crippen molar-refractivity contribution in [3.63, 3.8) is 0 Å². The second kappa shape index (κ2) is 11.5. The van der Waals surface area contributed by atoms with Crippen molar-refractivity contribution in [3.8, 4) is 11.5 Å². The second-order valence-corrected chi connectivity index (χ2v) is 7.42. The van der Waals surface area contributed by atoms with Crippen molar-refractivity contribution in [1.82, 2.24) is 0 Å². The van der Waals surface area contributed by atoms with Gasteiger partial charge in [0, 0.05) is 33.8 Å². The Balaban J connectivity index is 2.47. The van der Waals surface area contributed by atoms with Crippen LogP contribution in [0.4, 0.5) is 0 Å². The van der Waals surface area contributed by atoms with E-state index in [2.05, 4.69) is 0 Å². The lowest BCUT2D eigenvalue weighted by molar-refractivity contribution is -0.288. The summed E-state index contributed by atoms with van der Waals surface area (Å²) in [5, 5.41) is 10.1. The quantitative estimate of drug-likeness (QED) is 0.319. The number of rotatable bonds is 8. The Hall–Kier alpha value is -3.67. The molecule has 34 heavy (non-hydrogen) atoms. The molecule has 1 aliphatic rings. The first-order chi connectivity index (χ1) is 15.9. The summed E-state index contributed by atoms with van der Waals surface area (Å²) < 4.78 is 32.4. The van der Waals surface area contributed by atoms with Crippen LogP contribution in [0.2, 0.25) is 0 Å². The average Bonchev–Trinajstić information content (AvgIpc) is 2.69. The van der Waals surface area contributed by atoms with Crippen LogP contribution in [0.15, 0.2) is 18.2 Å². The van der Waals surface area contributed by atoms with Crippen LogP contribution in [0.1, 0.15) is 45.0 Å². The van der Waals surface area contributed by atoms with Gasteiger partial charge in [-0.25, -0.2) is 0 Å². The first-order valence-electron chi connectivity index (χ1n) is 10.2. The van der Waals surface area contributed by atoms with Gasteiger partial charge in [-0.1, -0.05) is 0 Å². The Labute approximate surface area is 195 Å². The maximum Gasteiger partial charge on any atom is 0.303 e. The number of hydrogen-bond acceptors (Lipinski definition) is 12. The summed E-state index contributed by atoms with van der Waals surface area (Å²) >= 11 is 0. The van der Waals surface area contributed by atoms with Gasteiger partial charge in [-0.05, 0) is 19.1 Å². The standard InChI is InChI=1S/C22H26O12/c1-10(23)16-7-6-15(8-17(16)28)33-22-21(32-14(5)27)20(31-13(4)26)19(30-12(3)25)18(34-22)9-29-11(2)24/h6-8,18-22,28H,9H2,1-5H3/t18-,19+,20-,21-,22-/m0/s1. The van der Waals surface area contributed by atoms with Crippen molar-refractivity contribution < 1.29 is 57.5 Å². The van der Waals surface area contributed by atoms with Crippen LogP contribution >= 0.6 is 0 Å². The third kappa shape index (κ3) is 7.17. The number of ketones is 1. The fourth-order valence-electron chi connectivity index (χ4n) is 3.30. The molecule has 1 saturated heterocycles. The van der Waals surface area contributed by atoms with Crippen molar-refractivity contribution in [2.24, 2.45) is 0 Å². The lowest BCUT2D eigenvalue weighted by Crippen LogP contribution is -2.63. The molecule has 186 valence electrons. The van der Waals surface area contributed by atoms with Crippen LogP contribution in [0.5, 0.6) is 11.5 Å². The van der Waals surface area contributed by atoms with Gasteiger partial charge in [0.05, 0.1) is 5.56 Å². The topological polar surface area (TPSA) is 161 Å². The molecule has 1 aliphatic heterocycles. The third-order valence-corrected chi connectivity index (χ3v) is 4.55. The molecule has 0 radical (unpaired) electrons. The number of carbonyl (C=O) groups is 5. The molecule has 1 aromatic rings. The minimum Gasteiger partial charge on any atom is -0.507 e. The molecule has 1 heterocycles. The zero-order valence-corrected chi connectivity index (χ0v) is 19.3. The van der Waals surface area contributed by atoms with E-state index in [9.17, 15) is 29.1 Å². The minimum absolute atomic E-state index is 0.0170. The van der Waals surface area contributed by atoms with Gasteiger partial charge in [0.2, 0.25) is 12.4 Å². The fourth-order valence-corrected chi connectivity index (χ4v) is 3.30. The van der Waals surface area contributed by atoms with E-state index >= 15 is 0 Å². The smallest absolute Gasteiger partial charge is 0.303 e. The number of aromatic hydroxyl groups is 1. The molecule has 5 atom stereocenters. The zero-order chi connectivity index (χ0) is 25.6. The highest BCUT2D eigenvalue weighted by Crippen LogP contribution is 2.32. The van der Waals surface area contributed by atoms with Crippen molar-refractivity contribution in [1.29, 1.82) is 0 Å². The number of hydrogen-bond donors (Lipinski definition) is 1. The van der Waals surface area contributed by atoms with E-state index < -0.39 is 61.2 Å². The molecule has 0 unspecified atom stereocenters. The summed E-state index contributed by atoms with van der Waals surface area (Å²) in [6.07, 6.45) is -6.77. The summed E-state index contributed by atoms with van der Waals surface area (Å²) in [7, 11) is 0. The van der Waals surface area contributed by atoms with E-state index in [1.807, 2.05) is 0 Å².